The number of aliphatic hydroxyl groups is 1. The first-order chi connectivity index (χ1) is 8.45. The van der Waals surface area contributed by atoms with E-state index in [9.17, 15) is 9.90 Å². The van der Waals surface area contributed by atoms with E-state index in [-0.39, 0.29) is 18.4 Å². The summed E-state index contributed by atoms with van der Waals surface area (Å²) in [7, 11) is 0. The third kappa shape index (κ3) is 3.96. The first-order valence-corrected chi connectivity index (χ1v) is 6.43. The Labute approximate surface area is 112 Å². The normalized spacial score (nSPS) is 14.1. The maximum Gasteiger partial charge on any atom is 0.253 e. The molecule has 4 nitrogen and oxygen atoms in total. The molecule has 5 heteroatoms. The van der Waals surface area contributed by atoms with E-state index in [1.165, 1.54) is 0 Å². The van der Waals surface area contributed by atoms with E-state index in [0.717, 1.165) is 6.42 Å². The number of pyridine rings is 1. The quantitative estimate of drug-likeness (QED) is 0.806. The van der Waals surface area contributed by atoms with E-state index in [4.69, 9.17) is 11.6 Å². The number of halogens is 1. The van der Waals surface area contributed by atoms with Crippen LogP contribution >= 0.6 is 11.6 Å². The van der Waals surface area contributed by atoms with Gasteiger partial charge in [0.25, 0.3) is 5.91 Å². The molecule has 0 aliphatic rings. The highest BCUT2D eigenvalue weighted by atomic mass is 35.5. The Balaban J connectivity index is 2.60. The van der Waals surface area contributed by atoms with Gasteiger partial charge in [0, 0.05) is 6.54 Å². The number of carbonyl (C=O) groups is 1. The molecular formula is C13H19ClN2O2. The maximum atomic E-state index is 11.9. The van der Waals surface area contributed by atoms with Crippen LogP contribution in [0.4, 0.5) is 0 Å². The number of aryl methyl sites for hydroxylation is 1. The number of aliphatic hydroxyl groups excluding tert-OH is 1. The van der Waals surface area contributed by atoms with Crippen molar-refractivity contribution in [2.24, 2.45) is 5.92 Å². The molecule has 1 heterocycles. The summed E-state index contributed by atoms with van der Waals surface area (Å²) >= 11 is 5.73. The first kappa shape index (κ1) is 14.9. The van der Waals surface area contributed by atoms with Crippen LogP contribution in [-0.2, 0) is 0 Å². The summed E-state index contributed by atoms with van der Waals surface area (Å²) in [5.74, 6) is -0.0752. The largest absolute Gasteiger partial charge is 0.391 e. The van der Waals surface area contributed by atoms with Crippen molar-refractivity contribution in [2.75, 3.05) is 6.54 Å². The van der Waals surface area contributed by atoms with E-state index in [1.54, 1.807) is 19.1 Å². The average molecular weight is 271 g/mol. The number of amides is 1. The van der Waals surface area contributed by atoms with Crippen LogP contribution in [0.1, 0.15) is 36.3 Å². The summed E-state index contributed by atoms with van der Waals surface area (Å²) in [5, 5.41) is 12.8. The Morgan fingerprint density at radius 2 is 2.22 bits per heavy atom. The molecule has 0 spiro atoms. The van der Waals surface area contributed by atoms with E-state index in [2.05, 4.69) is 10.3 Å². The van der Waals surface area contributed by atoms with Crippen LogP contribution in [0.5, 0.6) is 0 Å². The lowest BCUT2D eigenvalue weighted by atomic mass is 10.0. The number of hydrogen-bond acceptors (Lipinski definition) is 3. The zero-order valence-electron chi connectivity index (χ0n) is 10.9. The van der Waals surface area contributed by atoms with Gasteiger partial charge in [0.15, 0.2) is 0 Å². The molecule has 0 saturated carbocycles. The standard InChI is InChI=1S/C13H19ClN2O2/c1-4-8(2)11(17)7-15-13(18)10-5-6-12(14)16-9(10)3/h5-6,8,11,17H,4,7H2,1-3H3,(H,15,18). The summed E-state index contributed by atoms with van der Waals surface area (Å²) in [4.78, 5) is 15.9. The lowest BCUT2D eigenvalue weighted by Gasteiger charge is -2.17. The Hall–Kier alpha value is -1.13. The zero-order chi connectivity index (χ0) is 13.7. The minimum atomic E-state index is -0.528. The summed E-state index contributed by atoms with van der Waals surface area (Å²) < 4.78 is 0. The minimum Gasteiger partial charge on any atom is -0.391 e. The molecule has 0 saturated heterocycles. The third-order valence-electron chi connectivity index (χ3n) is 3.07. The Morgan fingerprint density at radius 1 is 1.56 bits per heavy atom. The predicted molar refractivity (Wildman–Crippen MR) is 71.8 cm³/mol. The van der Waals surface area contributed by atoms with Gasteiger partial charge >= 0.3 is 0 Å². The SMILES string of the molecule is CCC(C)C(O)CNC(=O)c1ccc(Cl)nc1C. The van der Waals surface area contributed by atoms with E-state index in [0.29, 0.717) is 16.4 Å². The fourth-order valence-corrected chi connectivity index (χ4v) is 1.73. The van der Waals surface area contributed by atoms with Crippen molar-refractivity contribution in [1.82, 2.24) is 10.3 Å². The molecule has 0 aliphatic carbocycles. The lowest BCUT2D eigenvalue weighted by Crippen LogP contribution is -2.35. The highest BCUT2D eigenvalue weighted by Crippen LogP contribution is 2.11. The van der Waals surface area contributed by atoms with Crippen molar-refractivity contribution in [2.45, 2.75) is 33.3 Å². The predicted octanol–water partition coefficient (Wildman–Crippen LogP) is 2.18. The number of hydrogen-bond donors (Lipinski definition) is 2. The van der Waals surface area contributed by atoms with Crippen LogP contribution in [0, 0.1) is 12.8 Å². The van der Waals surface area contributed by atoms with Crippen LogP contribution in [0.2, 0.25) is 5.15 Å². The Kier molecular flexibility index (Phi) is 5.56. The number of rotatable bonds is 5. The Bertz CT molecular complexity index is 423. The Morgan fingerprint density at radius 3 is 2.78 bits per heavy atom. The molecule has 1 aromatic rings. The van der Waals surface area contributed by atoms with Crippen LogP contribution in [0.3, 0.4) is 0 Å². The van der Waals surface area contributed by atoms with Crippen molar-refractivity contribution in [3.8, 4) is 0 Å². The van der Waals surface area contributed by atoms with Gasteiger partial charge in [-0.05, 0) is 25.0 Å². The average Bonchev–Trinajstić information content (AvgIpc) is 2.34. The molecule has 2 atom stereocenters. The molecule has 1 rings (SSSR count). The molecule has 0 radical (unpaired) electrons. The molecule has 2 unspecified atom stereocenters. The molecular weight excluding hydrogens is 252 g/mol. The van der Waals surface area contributed by atoms with Crippen molar-refractivity contribution in [3.63, 3.8) is 0 Å². The number of nitrogens with zero attached hydrogens (tertiary/aromatic N) is 1. The summed E-state index contributed by atoms with van der Waals surface area (Å²) in [6, 6.07) is 3.21. The second kappa shape index (κ2) is 6.71. The van der Waals surface area contributed by atoms with Crippen LogP contribution in [0.25, 0.3) is 0 Å². The fourth-order valence-electron chi connectivity index (χ4n) is 1.54. The van der Waals surface area contributed by atoms with Crippen LogP contribution < -0.4 is 5.32 Å². The topological polar surface area (TPSA) is 62.2 Å². The van der Waals surface area contributed by atoms with E-state index < -0.39 is 6.10 Å². The summed E-state index contributed by atoms with van der Waals surface area (Å²) in [6.07, 6.45) is 0.345. The monoisotopic (exact) mass is 270 g/mol. The number of aromatic nitrogens is 1. The van der Waals surface area contributed by atoms with Crippen molar-refractivity contribution >= 4 is 17.5 Å². The minimum absolute atomic E-state index is 0.162. The molecule has 100 valence electrons. The molecule has 1 amide bonds. The van der Waals surface area contributed by atoms with Gasteiger partial charge in [0.05, 0.1) is 17.4 Å². The summed E-state index contributed by atoms with van der Waals surface area (Å²) in [6.45, 7) is 5.93. The molecule has 0 fully saturated rings. The number of carbonyl (C=O) groups excluding carboxylic acids is 1. The molecule has 18 heavy (non-hydrogen) atoms. The van der Waals surface area contributed by atoms with Crippen molar-refractivity contribution < 1.29 is 9.90 Å². The summed E-state index contributed by atoms with van der Waals surface area (Å²) in [5.41, 5.74) is 1.06. The van der Waals surface area contributed by atoms with Crippen molar-refractivity contribution in [3.05, 3.63) is 28.5 Å². The molecule has 0 bridgehead atoms. The second-order valence-electron chi connectivity index (χ2n) is 4.43. The zero-order valence-corrected chi connectivity index (χ0v) is 11.7. The molecule has 1 aromatic heterocycles. The maximum absolute atomic E-state index is 11.9. The van der Waals surface area contributed by atoms with Gasteiger partial charge in [0.1, 0.15) is 5.15 Å². The first-order valence-electron chi connectivity index (χ1n) is 6.05. The molecule has 0 aromatic carbocycles. The lowest BCUT2D eigenvalue weighted by molar-refractivity contribution is 0.0849. The van der Waals surface area contributed by atoms with Crippen LogP contribution in [0.15, 0.2) is 12.1 Å². The highest BCUT2D eigenvalue weighted by Gasteiger charge is 2.15. The van der Waals surface area contributed by atoms with Gasteiger partial charge < -0.3 is 10.4 Å². The molecule has 0 aliphatic heterocycles. The van der Waals surface area contributed by atoms with Crippen LogP contribution in [-0.4, -0.2) is 28.6 Å². The highest BCUT2D eigenvalue weighted by molar-refractivity contribution is 6.29. The molecule has 2 N–H and O–H groups in total. The number of nitrogens with one attached hydrogen (secondary N) is 1. The van der Waals surface area contributed by atoms with Gasteiger partial charge in [0.2, 0.25) is 0 Å². The van der Waals surface area contributed by atoms with E-state index in [1.807, 2.05) is 13.8 Å². The fraction of sp³-hybridized carbons (Fsp3) is 0.538. The van der Waals surface area contributed by atoms with Crippen molar-refractivity contribution in [1.29, 1.82) is 0 Å². The smallest absolute Gasteiger partial charge is 0.253 e. The van der Waals surface area contributed by atoms with Gasteiger partial charge in [-0.1, -0.05) is 31.9 Å². The van der Waals surface area contributed by atoms with Gasteiger partial charge in [-0.2, -0.15) is 0 Å². The van der Waals surface area contributed by atoms with Gasteiger partial charge in [-0.3, -0.25) is 4.79 Å². The third-order valence-corrected chi connectivity index (χ3v) is 3.28. The van der Waals surface area contributed by atoms with Gasteiger partial charge in [-0.25, -0.2) is 4.98 Å². The van der Waals surface area contributed by atoms with Gasteiger partial charge in [-0.15, -0.1) is 0 Å². The second-order valence-corrected chi connectivity index (χ2v) is 4.82. The van der Waals surface area contributed by atoms with E-state index >= 15 is 0 Å².